The number of hydrogen-bond donors (Lipinski definition) is 1. The van der Waals surface area contributed by atoms with Crippen molar-refractivity contribution in [1.82, 2.24) is 10.3 Å². The van der Waals surface area contributed by atoms with Crippen molar-refractivity contribution in [1.29, 1.82) is 0 Å². The molecule has 100 valence electrons. The molecule has 0 bridgehead atoms. The molecule has 0 aliphatic carbocycles. The summed E-state index contributed by atoms with van der Waals surface area (Å²) in [5.74, 6) is -0.211. The molecule has 1 aromatic heterocycles. The van der Waals surface area contributed by atoms with Crippen molar-refractivity contribution < 1.29 is 4.39 Å². The highest BCUT2D eigenvalue weighted by molar-refractivity contribution is 9.10. The van der Waals surface area contributed by atoms with Crippen molar-refractivity contribution >= 4 is 31.9 Å². The van der Waals surface area contributed by atoms with E-state index < -0.39 is 0 Å². The highest BCUT2D eigenvalue weighted by atomic mass is 79.9. The van der Waals surface area contributed by atoms with E-state index in [0.717, 1.165) is 14.5 Å². The quantitative estimate of drug-likeness (QED) is 0.848. The minimum absolute atomic E-state index is 0.0794. The molecule has 2 rings (SSSR count). The third-order valence-electron chi connectivity index (χ3n) is 2.89. The molecule has 1 heterocycles. The second-order valence-corrected chi connectivity index (χ2v) is 6.05. The van der Waals surface area contributed by atoms with Crippen LogP contribution in [0.1, 0.15) is 17.2 Å². The lowest BCUT2D eigenvalue weighted by Gasteiger charge is -2.17. The Morgan fingerprint density at radius 3 is 2.63 bits per heavy atom. The topological polar surface area (TPSA) is 24.9 Å². The fourth-order valence-corrected chi connectivity index (χ4v) is 2.70. The number of pyridine rings is 1. The van der Waals surface area contributed by atoms with Crippen LogP contribution in [0.2, 0.25) is 0 Å². The molecule has 0 radical (unpaired) electrons. The van der Waals surface area contributed by atoms with Crippen LogP contribution < -0.4 is 5.32 Å². The van der Waals surface area contributed by atoms with E-state index in [0.29, 0.717) is 12.0 Å². The Labute approximate surface area is 128 Å². The Kier molecular flexibility index (Phi) is 5.07. The van der Waals surface area contributed by atoms with Gasteiger partial charge in [-0.1, -0.05) is 22.0 Å². The van der Waals surface area contributed by atoms with Crippen molar-refractivity contribution in [3.05, 3.63) is 62.5 Å². The smallest absolute Gasteiger partial charge is 0.129 e. The molecule has 5 heteroatoms. The molecule has 0 spiro atoms. The fourth-order valence-electron chi connectivity index (χ4n) is 1.95. The molecular formula is C14H13Br2FN2. The van der Waals surface area contributed by atoms with Gasteiger partial charge in [0.15, 0.2) is 0 Å². The molecule has 0 amide bonds. The first-order valence-corrected chi connectivity index (χ1v) is 7.40. The van der Waals surface area contributed by atoms with E-state index in [1.807, 2.05) is 19.2 Å². The predicted molar refractivity (Wildman–Crippen MR) is 81.5 cm³/mol. The third kappa shape index (κ3) is 3.84. The molecule has 1 atom stereocenters. The van der Waals surface area contributed by atoms with Crippen molar-refractivity contribution in [2.75, 3.05) is 7.05 Å². The summed E-state index contributed by atoms with van der Waals surface area (Å²) >= 11 is 6.66. The van der Waals surface area contributed by atoms with E-state index >= 15 is 0 Å². The third-order valence-corrected chi connectivity index (χ3v) is 3.81. The number of likely N-dealkylation sites (N-methyl/N-ethyl adjacent to an activating group) is 1. The number of nitrogens with one attached hydrogen (secondary N) is 1. The predicted octanol–water partition coefficient (Wildman–Crippen LogP) is 4.25. The second-order valence-electron chi connectivity index (χ2n) is 4.22. The van der Waals surface area contributed by atoms with Crippen LogP contribution in [0.25, 0.3) is 0 Å². The van der Waals surface area contributed by atoms with Crippen LogP contribution in [0, 0.1) is 5.82 Å². The number of rotatable bonds is 4. The minimum atomic E-state index is -0.211. The zero-order valence-electron chi connectivity index (χ0n) is 10.3. The molecule has 0 saturated carbocycles. The van der Waals surface area contributed by atoms with E-state index in [-0.39, 0.29) is 11.9 Å². The Morgan fingerprint density at radius 1 is 1.21 bits per heavy atom. The highest BCUT2D eigenvalue weighted by Gasteiger charge is 2.15. The Balaban J connectivity index is 2.25. The first-order valence-electron chi connectivity index (χ1n) is 5.82. The number of benzene rings is 1. The van der Waals surface area contributed by atoms with E-state index in [9.17, 15) is 4.39 Å². The molecule has 2 aromatic rings. The average Bonchev–Trinajstić information content (AvgIpc) is 2.37. The summed E-state index contributed by atoms with van der Waals surface area (Å²) in [6, 6.07) is 7.05. The normalized spacial score (nSPS) is 12.4. The molecule has 0 saturated heterocycles. The molecule has 19 heavy (non-hydrogen) atoms. The van der Waals surface area contributed by atoms with Gasteiger partial charge in [-0.15, -0.1) is 0 Å². The molecule has 1 aromatic carbocycles. The lowest BCUT2D eigenvalue weighted by Crippen LogP contribution is -2.20. The molecule has 0 aliphatic rings. The lowest BCUT2D eigenvalue weighted by atomic mass is 9.99. The van der Waals surface area contributed by atoms with Crippen LogP contribution in [0.5, 0.6) is 0 Å². The summed E-state index contributed by atoms with van der Waals surface area (Å²) in [5, 5.41) is 3.15. The zero-order chi connectivity index (χ0) is 13.8. The summed E-state index contributed by atoms with van der Waals surface area (Å²) in [5.41, 5.74) is 1.71. The standard InChI is InChI=1S/C14H13Br2FN2/c1-18-14(5-9-4-11(16)8-19-7-9)12-3-2-10(15)6-13(12)17/h2-4,6-8,14,18H,5H2,1H3. The van der Waals surface area contributed by atoms with Gasteiger partial charge in [0.1, 0.15) is 5.82 Å². The molecule has 0 fully saturated rings. The van der Waals surface area contributed by atoms with Gasteiger partial charge >= 0.3 is 0 Å². The summed E-state index contributed by atoms with van der Waals surface area (Å²) < 4.78 is 15.6. The van der Waals surface area contributed by atoms with Gasteiger partial charge in [-0.05, 0) is 53.2 Å². The number of nitrogens with zero attached hydrogens (tertiary/aromatic N) is 1. The van der Waals surface area contributed by atoms with Crippen molar-refractivity contribution in [2.24, 2.45) is 0 Å². The largest absolute Gasteiger partial charge is 0.313 e. The number of halogens is 3. The molecule has 1 N–H and O–H groups in total. The highest BCUT2D eigenvalue weighted by Crippen LogP contribution is 2.24. The number of hydrogen-bond acceptors (Lipinski definition) is 2. The summed E-state index contributed by atoms with van der Waals surface area (Å²) in [6.07, 6.45) is 4.21. The Morgan fingerprint density at radius 2 is 2.00 bits per heavy atom. The van der Waals surface area contributed by atoms with Gasteiger partial charge in [0.2, 0.25) is 0 Å². The first-order chi connectivity index (χ1) is 9.10. The van der Waals surface area contributed by atoms with E-state index in [2.05, 4.69) is 42.2 Å². The van der Waals surface area contributed by atoms with E-state index in [1.165, 1.54) is 6.07 Å². The molecule has 0 aliphatic heterocycles. The van der Waals surface area contributed by atoms with Gasteiger partial charge in [-0.25, -0.2) is 4.39 Å². The van der Waals surface area contributed by atoms with Crippen LogP contribution in [-0.2, 0) is 6.42 Å². The van der Waals surface area contributed by atoms with E-state index in [4.69, 9.17) is 0 Å². The van der Waals surface area contributed by atoms with Crippen molar-refractivity contribution in [3.63, 3.8) is 0 Å². The van der Waals surface area contributed by atoms with Crippen LogP contribution in [0.3, 0.4) is 0 Å². The maximum atomic E-state index is 14.0. The van der Waals surface area contributed by atoms with Gasteiger partial charge in [-0.3, -0.25) is 4.98 Å². The average molecular weight is 388 g/mol. The van der Waals surface area contributed by atoms with Gasteiger partial charge in [0.25, 0.3) is 0 Å². The lowest BCUT2D eigenvalue weighted by molar-refractivity contribution is 0.533. The molecule has 2 nitrogen and oxygen atoms in total. The first kappa shape index (κ1) is 14.6. The minimum Gasteiger partial charge on any atom is -0.313 e. The van der Waals surface area contributed by atoms with Gasteiger partial charge < -0.3 is 5.32 Å². The van der Waals surface area contributed by atoms with Crippen LogP contribution >= 0.6 is 31.9 Å². The zero-order valence-corrected chi connectivity index (χ0v) is 13.5. The Hall–Kier alpha value is -0.780. The van der Waals surface area contributed by atoms with Gasteiger partial charge in [0, 0.05) is 32.9 Å². The van der Waals surface area contributed by atoms with E-state index in [1.54, 1.807) is 18.5 Å². The van der Waals surface area contributed by atoms with Gasteiger partial charge in [-0.2, -0.15) is 0 Å². The number of aromatic nitrogens is 1. The molecule has 1 unspecified atom stereocenters. The van der Waals surface area contributed by atoms with Gasteiger partial charge in [0.05, 0.1) is 0 Å². The summed E-state index contributed by atoms with van der Waals surface area (Å²) in [6.45, 7) is 0. The van der Waals surface area contributed by atoms with Crippen molar-refractivity contribution in [2.45, 2.75) is 12.5 Å². The van der Waals surface area contributed by atoms with Crippen LogP contribution in [0.4, 0.5) is 4.39 Å². The Bertz CT molecular complexity index is 575. The summed E-state index contributed by atoms with van der Waals surface area (Å²) in [7, 11) is 1.83. The van der Waals surface area contributed by atoms with Crippen LogP contribution in [-0.4, -0.2) is 12.0 Å². The fraction of sp³-hybridized carbons (Fsp3) is 0.214. The van der Waals surface area contributed by atoms with Crippen LogP contribution in [0.15, 0.2) is 45.6 Å². The second kappa shape index (κ2) is 6.59. The summed E-state index contributed by atoms with van der Waals surface area (Å²) in [4.78, 5) is 4.13. The monoisotopic (exact) mass is 386 g/mol. The molecular weight excluding hydrogens is 375 g/mol. The van der Waals surface area contributed by atoms with Crippen molar-refractivity contribution in [3.8, 4) is 0 Å². The maximum Gasteiger partial charge on any atom is 0.129 e. The maximum absolute atomic E-state index is 14.0. The SMILES string of the molecule is CNC(Cc1cncc(Br)c1)c1ccc(Br)cc1F.